The van der Waals surface area contributed by atoms with Crippen LogP contribution in [0.15, 0.2) is 54.9 Å². The van der Waals surface area contributed by atoms with Gasteiger partial charge in [0.05, 0.1) is 5.69 Å². The molecule has 2 aromatic heterocycles. The van der Waals surface area contributed by atoms with Gasteiger partial charge in [-0.2, -0.15) is 0 Å². The number of imidazole rings is 1. The lowest BCUT2D eigenvalue weighted by Gasteiger charge is -2.16. The van der Waals surface area contributed by atoms with Crippen molar-refractivity contribution in [1.29, 1.82) is 0 Å². The fraction of sp³-hybridized carbons (Fsp3) is 0.222. The molecule has 1 N–H and O–H groups in total. The molecule has 0 bridgehead atoms. The minimum absolute atomic E-state index is 0.0262. The van der Waals surface area contributed by atoms with Crippen molar-refractivity contribution in [1.82, 2.24) is 14.3 Å². The molecule has 1 saturated heterocycles. The first-order valence-corrected chi connectivity index (χ1v) is 7.90. The summed E-state index contributed by atoms with van der Waals surface area (Å²) in [5.41, 5.74) is 3.61. The molecule has 1 aliphatic heterocycles. The highest BCUT2D eigenvalue weighted by Crippen LogP contribution is 2.21. The van der Waals surface area contributed by atoms with Crippen LogP contribution in [0.2, 0.25) is 0 Å². The van der Waals surface area contributed by atoms with Crippen LogP contribution >= 0.6 is 0 Å². The highest BCUT2D eigenvalue weighted by molar-refractivity contribution is 5.90. The van der Waals surface area contributed by atoms with E-state index in [4.69, 9.17) is 0 Å². The molecule has 1 fully saturated rings. The average Bonchev–Trinajstić information content (AvgIpc) is 3.25. The first kappa shape index (κ1) is 13.8. The highest BCUT2D eigenvalue weighted by atomic mass is 16.2. The predicted molar refractivity (Wildman–Crippen MR) is 90.5 cm³/mol. The maximum atomic E-state index is 12.2. The van der Waals surface area contributed by atoms with Gasteiger partial charge >= 0.3 is 6.03 Å². The van der Waals surface area contributed by atoms with E-state index in [-0.39, 0.29) is 6.03 Å². The average molecular weight is 306 g/mol. The summed E-state index contributed by atoms with van der Waals surface area (Å²) in [6.45, 7) is 1.69. The third-order valence-corrected chi connectivity index (χ3v) is 4.17. The summed E-state index contributed by atoms with van der Waals surface area (Å²) >= 11 is 0. The third kappa shape index (κ3) is 2.77. The number of carbonyl (C=O) groups excluding carboxylic acids is 1. The Morgan fingerprint density at radius 1 is 1.09 bits per heavy atom. The number of rotatable bonds is 2. The Morgan fingerprint density at radius 2 is 1.87 bits per heavy atom. The number of nitrogens with zero attached hydrogens (tertiary/aromatic N) is 3. The molecule has 0 spiro atoms. The van der Waals surface area contributed by atoms with Crippen molar-refractivity contribution in [2.75, 3.05) is 18.4 Å². The van der Waals surface area contributed by atoms with Crippen molar-refractivity contribution >= 4 is 17.4 Å². The topological polar surface area (TPSA) is 49.6 Å². The lowest BCUT2D eigenvalue weighted by atomic mass is 10.2. The molecule has 5 heteroatoms. The van der Waals surface area contributed by atoms with E-state index in [1.54, 1.807) is 0 Å². The molecule has 0 aliphatic carbocycles. The first-order valence-electron chi connectivity index (χ1n) is 7.90. The SMILES string of the molecule is O=C(Nc1ccn2cc(-c3ccccc3)nc2c1)N1CCCC1. The van der Waals surface area contributed by atoms with E-state index in [0.717, 1.165) is 48.5 Å². The molecule has 4 rings (SSSR count). The van der Waals surface area contributed by atoms with E-state index >= 15 is 0 Å². The van der Waals surface area contributed by atoms with Gasteiger partial charge in [0.15, 0.2) is 0 Å². The van der Waals surface area contributed by atoms with Gasteiger partial charge < -0.3 is 14.6 Å². The second kappa shape index (κ2) is 5.76. The molecule has 116 valence electrons. The van der Waals surface area contributed by atoms with Gasteiger partial charge in [-0.3, -0.25) is 0 Å². The number of hydrogen-bond donors (Lipinski definition) is 1. The van der Waals surface area contributed by atoms with E-state index in [0.29, 0.717) is 0 Å². The van der Waals surface area contributed by atoms with Crippen molar-refractivity contribution in [3.8, 4) is 11.3 Å². The van der Waals surface area contributed by atoms with Gasteiger partial charge in [0.2, 0.25) is 0 Å². The number of likely N-dealkylation sites (tertiary alicyclic amines) is 1. The Labute approximate surface area is 134 Å². The van der Waals surface area contributed by atoms with Crippen LogP contribution in [0.25, 0.3) is 16.9 Å². The van der Waals surface area contributed by atoms with Gasteiger partial charge in [-0.1, -0.05) is 30.3 Å². The molecule has 0 atom stereocenters. The molecule has 3 aromatic rings. The Kier molecular flexibility index (Phi) is 3.46. The summed E-state index contributed by atoms with van der Waals surface area (Å²) < 4.78 is 1.97. The van der Waals surface area contributed by atoms with Gasteiger partial charge in [0.1, 0.15) is 5.65 Å². The van der Waals surface area contributed by atoms with Gasteiger partial charge in [-0.15, -0.1) is 0 Å². The lowest BCUT2D eigenvalue weighted by Crippen LogP contribution is -2.32. The number of hydrogen-bond acceptors (Lipinski definition) is 2. The number of amides is 2. The fourth-order valence-electron chi connectivity index (χ4n) is 2.93. The van der Waals surface area contributed by atoms with Gasteiger partial charge in [0.25, 0.3) is 0 Å². The van der Waals surface area contributed by atoms with Crippen LogP contribution in [-0.2, 0) is 0 Å². The van der Waals surface area contributed by atoms with E-state index in [1.807, 2.05) is 64.2 Å². The maximum Gasteiger partial charge on any atom is 0.321 e. The lowest BCUT2D eigenvalue weighted by molar-refractivity contribution is 0.222. The summed E-state index contributed by atoms with van der Waals surface area (Å²) in [4.78, 5) is 18.7. The van der Waals surface area contributed by atoms with E-state index in [1.165, 1.54) is 0 Å². The summed E-state index contributed by atoms with van der Waals surface area (Å²) in [5.74, 6) is 0. The Hall–Kier alpha value is -2.82. The summed E-state index contributed by atoms with van der Waals surface area (Å²) in [7, 11) is 0. The van der Waals surface area contributed by atoms with Crippen LogP contribution in [0.3, 0.4) is 0 Å². The Balaban J connectivity index is 1.59. The van der Waals surface area contributed by atoms with Crippen molar-refractivity contribution in [2.24, 2.45) is 0 Å². The van der Waals surface area contributed by atoms with Crippen LogP contribution in [-0.4, -0.2) is 33.4 Å². The highest BCUT2D eigenvalue weighted by Gasteiger charge is 2.17. The minimum Gasteiger partial charge on any atom is -0.325 e. The van der Waals surface area contributed by atoms with E-state index in [9.17, 15) is 4.79 Å². The second-order valence-corrected chi connectivity index (χ2v) is 5.80. The standard InChI is InChI=1S/C18H18N4O/c23-18(21-9-4-5-10-21)19-15-8-11-22-13-16(20-17(22)12-15)14-6-2-1-3-7-14/h1-3,6-8,11-13H,4-5,9-10H2,(H,19,23). The number of urea groups is 1. The largest absolute Gasteiger partial charge is 0.325 e. The smallest absolute Gasteiger partial charge is 0.321 e. The van der Waals surface area contributed by atoms with Crippen LogP contribution in [0.4, 0.5) is 10.5 Å². The molecular weight excluding hydrogens is 288 g/mol. The first-order chi connectivity index (χ1) is 11.3. The Bertz CT molecular complexity index is 835. The van der Waals surface area contributed by atoms with Gasteiger partial charge in [-0.05, 0) is 18.9 Å². The molecule has 1 aliphatic rings. The van der Waals surface area contributed by atoms with Gasteiger partial charge in [0, 0.05) is 42.8 Å². The number of anilines is 1. The van der Waals surface area contributed by atoms with Crippen LogP contribution in [0, 0.1) is 0 Å². The molecule has 0 saturated carbocycles. The zero-order valence-corrected chi connectivity index (χ0v) is 12.8. The summed E-state index contributed by atoms with van der Waals surface area (Å²) in [6.07, 6.45) is 6.10. The molecular formula is C18H18N4O. The Morgan fingerprint density at radius 3 is 2.65 bits per heavy atom. The second-order valence-electron chi connectivity index (χ2n) is 5.80. The number of carbonyl (C=O) groups is 1. The van der Waals surface area contributed by atoms with Crippen LogP contribution in [0.5, 0.6) is 0 Å². The molecule has 23 heavy (non-hydrogen) atoms. The van der Waals surface area contributed by atoms with Crippen molar-refractivity contribution in [2.45, 2.75) is 12.8 Å². The maximum absolute atomic E-state index is 12.2. The van der Waals surface area contributed by atoms with Crippen molar-refractivity contribution in [3.05, 3.63) is 54.9 Å². The molecule has 2 amide bonds. The zero-order valence-electron chi connectivity index (χ0n) is 12.8. The molecule has 3 heterocycles. The normalized spacial score (nSPS) is 14.3. The monoisotopic (exact) mass is 306 g/mol. The molecule has 1 aromatic carbocycles. The number of fused-ring (bicyclic) bond motifs is 1. The molecule has 5 nitrogen and oxygen atoms in total. The number of aromatic nitrogens is 2. The van der Waals surface area contributed by atoms with Crippen molar-refractivity contribution < 1.29 is 4.79 Å². The van der Waals surface area contributed by atoms with Crippen molar-refractivity contribution in [3.63, 3.8) is 0 Å². The zero-order chi connectivity index (χ0) is 15.6. The fourth-order valence-corrected chi connectivity index (χ4v) is 2.93. The number of benzene rings is 1. The van der Waals surface area contributed by atoms with Crippen LogP contribution < -0.4 is 5.32 Å². The number of pyridine rings is 1. The van der Waals surface area contributed by atoms with Crippen LogP contribution in [0.1, 0.15) is 12.8 Å². The molecule has 0 unspecified atom stereocenters. The van der Waals surface area contributed by atoms with E-state index < -0.39 is 0 Å². The predicted octanol–water partition coefficient (Wildman–Crippen LogP) is 3.63. The number of nitrogens with one attached hydrogen (secondary N) is 1. The molecule has 0 radical (unpaired) electrons. The van der Waals surface area contributed by atoms with E-state index in [2.05, 4.69) is 10.3 Å². The third-order valence-electron chi connectivity index (χ3n) is 4.17. The quantitative estimate of drug-likeness (QED) is 0.786. The summed E-state index contributed by atoms with van der Waals surface area (Å²) in [6, 6.07) is 13.8. The van der Waals surface area contributed by atoms with Gasteiger partial charge in [-0.25, -0.2) is 9.78 Å². The minimum atomic E-state index is -0.0262. The summed E-state index contributed by atoms with van der Waals surface area (Å²) in [5, 5.41) is 2.96.